The number of rotatable bonds is 7. The Labute approximate surface area is 174 Å². The summed E-state index contributed by atoms with van der Waals surface area (Å²) >= 11 is 1.58. The van der Waals surface area contributed by atoms with Gasteiger partial charge in [0.2, 0.25) is 5.75 Å². The summed E-state index contributed by atoms with van der Waals surface area (Å²) in [6, 6.07) is 13.1. The molecule has 2 aromatic carbocycles. The largest absolute Gasteiger partial charge is 0.493 e. The second-order valence-electron chi connectivity index (χ2n) is 6.44. The summed E-state index contributed by atoms with van der Waals surface area (Å²) in [6.45, 7) is 3.91. The number of carbonyl (C=O) groups excluding carboxylic acids is 1. The molecule has 29 heavy (non-hydrogen) atoms. The highest BCUT2D eigenvalue weighted by Gasteiger charge is 2.21. The normalized spacial score (nSPS) is 11.6. The zero-order valence-electron chi connectivity index (χ0n) is 17.1. The Morgan fingerprint density at radius 1 is 1.03 bits per heavy atom. The highest BCUT2D eigenvalue weighted by molar-refractivity contribution is 7.15. The van der Waals surface area contributed by atoms with Crippen molar-refractivity contribution in [3.05, 3.63) is 58.6 Å². The maximum absolute atomic E-state index is 12.9. The third-order valence-corrected chi connectivity index (χ3v) is 5.91. The van der Waals surface area contributed by atoms with E-state index in [-0.39, 0.29) is 11.9 Å². The number of nitrogens with one attached hydrogen (secondary N) is 1. The molecule has 3 rings (SSSR count). The van der Waals surface area contributed by atoms with Gasteiger partial charge in [-0.25, -0.2) is 4.98 Å². The van der Waals surface area contributed by atoms with Crippen molar-refractivity contribution in [1.82, 2.24) is 10.3 Å². The van der Waals surface area contributed by atoms with Crippen molar-refractivity contribution in [2.24, 2.45) is 0 Å². The lowest BCUT2D eigenvalue weighted by Crippen LogP contribution is -2.26. The molecule has 152 valence electrons. The highest BCUT2D eigenvalue weighted by atomic mass is 32.1. The number of hydrogen-bond acceptors (Lipinski definition) is 6. The molecule has 0 aliphatic carbocycles. The summed E-state index contributed by atoms with van der Waals surface area (Å²) in [5.41, 5.74) is 2.40. The number of ether oxygens (including phenoxy) is 3. The molecule has 1 heterocycles. The monoisotopic (exact) mass is 412 g/mol. The van der Waals surface area contributed by atoms with Crippen molar-refractivity contribution in [1.29, 1.82) is 0 Å². The van der Waals surface area contributed by atoms with E-state index in [9.17, 15) is 4.79 Å². The fraction of sp³-hybridized carbons (Fsp3) is 0.273. The van der Waals surface area contributed by atoms with Gasteiger partial charge in [0.05, 0.1) is 37.9 Å². The van der Waals surface area contributed by atoms with Gasteiger partial charge in [-0.2, -0.15) is 0 Å². The highest BCUT2D eigenvalue weighted by Crippen LogP contribution is 2.38. The molecule has 0 bridgehead atoms. The van der Waals surface area contributed by atoms with Gasteiger partial charge in [0.25, 0.3) is 5.91 Å². The summed E-state index contributed by atoms with van der Waals surface area (Å²) < 4.78 is 16.0. The smallest absolute Gasteiger partial charge is 0.252 e. The van der Waals surface area contributed by atoms with Gasteiger partial charge < -0.3 is 19.5 Å². The number of carbonyl (C=O) groups is 1. The molecule has 1 aromatic heterocycles. The molecule has 0 spiro atoms. The lowest BCUT2D eigenvalue weighted by atomic mass is 10.1. The molecule has 0 fully saturated rings. The number of hydrogen-bond donors (Lipinski definition) is 1. The van der Waals surface area contributed by atoms with Crippen LogP contribution in [0.1, 0.15) is 33.9 Å². The minimum Gasteiger partial charge on any atom is -0.493 e. The molecule has 0 aliphatic rings. The molecule has 7 heteroatoms. The zero-order valence-corrected chi connectivity index (χ0v) is 17.9. The Kier molecular flexibility index (Phi) is 6.39. The molecule has 0 radical (unpaired) electrons. The van der Waals surface area contributed by atoms with Gasteiger partial charge in [0.1, 0.15) is 5.01 Å². The Morgan fingerprint density at radius 2 is 1.66 bits per heavy atom. The zero-order chi connectivity index (χ0) is 21.0. The van der Waals surface area contributed by atoms with Crippen LogP contribution in [0.25, 0.3) is 10.6 Å². The fourth-order valence-electron chi connectivity index (χ4n) is 3.07. The SMILES string of the molecule is COc1cc(C(=O)NC(C)c2sc(-c3ccccc3)nc2C)cc(OC)c1OC. The molecule has 0 saturated carbocycles. The molecular formula is C22H24N2O4S. The molecule has 0 saturated heterocycles. The van der Waals surface area contributed by atoms with Crippen LogP contribution >= 0.6 is 11.3 Å². The van der Waals surface area contributed by atoms with Crippen molar-refractivity contribution in [2.75, 3.05) is 21.3 Å². The minimum atomic E-state index is -0.231. The average molecular weight is 413 g/mol. The first-order valence-corrected chi connectivity index (χ1v) is 9.93. The molecule has 6 nitrogen and oxygen atoms in total. The Bertz CT molecular complexity index is 976. The van der Waals surface area contributed by atoms with E-state index in [4.69, 9.17) is 14.2 Å². The molecule has 1 N–H and O–H groups in total. The van der Waals surface area contributed by atoms with Crippen LogP contribution in [-0.2, 0) is 0 Å². The van der Waals surface area contributed by atoms with Crippen molar-refractivity contribution in [3.8, 4) is 27.8 Å². The van der Waals surface area contributed by atoms with Crippen LogP contribution in [0.5, 0.6) is 17.2 Å². The van der Waals surface area contributed by atoms with Gasteiger partial charge in [-0.3, -0.25) is 4.79 Å². The van der Waals surface area contributed by atoms with E-state index in [1.54, 1.807) is 23.5 Å². The predicted octanol–water partition coefficient (Wildman–Crippen LogP) is 4.64. The van der Waals surface area contributed by atoms with Crippen LogP contribution in [0, 0.1) is 6.92 Å². The number of thiazole rings is 1. The molecule has 0 aliphatic heterocycles. The predicted molar refractivity (Wildman–Crippen MR) is 114 cm³/mol. The Balaban J connectivity index is 1.84. The lowest BCUT2D eigenvalue weighted by Gasteiger charge is -2.16. The van der Waals surface area contributed by atoms with Gasteiger partial charge in [0.15, 0.2) is 11.5 Å². The molecule has 1 unspecified atom stereocenters. The molecule has 1 atom stereocenters. The van der Waals surface area contributed by atoms with E-state index in [2.05, 4.69) is 10.3 Å². The van der Waals surface area contributed by atoms with E-state index in [1.165, 1.54) is 21.3 Å². The summed E-state index contributed by atoms with van der Waals surface area (Å²) in [4.78, 5) is 18.6. The summed E-state index contributed by atoms with van der Waals surface area (Å²) in [6.07, 6.45) is 0. The van der Waals surface area contributed by atoms with E-state index >= 15 is 0 Å². The molecule has 3 aromatic rings. The molecular weight excluding hydrogens is 388 g/mol. The fourth-order valence-corrected chi connectivity index (χ4v) is 4.15. The van der Waals surface area contributed by atoms with Gasteiger partial charge in [-0.05, 0) is 26.0 Å². The number of nitrogens with zero attached hydrogens (tertiary/aromatic N) is 1. The molecule has 1 amide bonds. The first kappa shape index (κ1) is 20.7. The summed E-state index contributed by atoms with van der Waals surface area (Å²) in [5, 5.41) is 3.97. The topological polar surface area (TPSA) is 69.7 Å². The number of amides is 1. The van der Waals surface area contributed by atoms with Gasteiger partial charge >= 0.3 is 0 Å². The Morgan fingerprint density at radius 3 is 2.21 bits per heavy atom. The van der Waals surface area contributed by atoms with Crippen LogP contribution in [0.15, 0.2) is 42.5 Å². The van der Waals surface area contributed by atoms with Gasteiger partial charge in [-0.15, -0.1) is 11.3 Å². The standard InChI is InChI=1S/C22H24N2O4S/c1-13(20-14(2)24-22(29-20)15-9-7-6-8-10-15)23-21(25)16-11-17(26-3)19(28-5)18(12-16)27-4/h6-13H,1-5H3,(H,23,25). The van der Waals surface area contributed by atoms with E-state index < -0.39 is 0 Å². The number of aryl methyl sites for hydroxylation is 1. The number of benzene rings is 2. The van der Waals surface area contributed by atoms with Crippen LogP contribution in [0.4, 0.5) is 0 Å². The first-order chi connectivity index (χ1) is 14.0. The van der Waals surface area contributed by atoms with Crippen LogP contribution in [0.2, 0.25) is 0 Å². The second kappa shape index (κ2) is 8.96. The van der Waals surface area contributed by atoms with Crippen LogP contribution in [0.3, 0.4) is 0 Å². The third kappa shape index (κ3) is 4.35. The summed E-state index contributed by atoms with van der Waals surface area (Å²) in [7, 11) is 4.57. The van der Waals surface area contributed by atoms with Crippen molar-refractivity contribution < 1.29 is 19.0 Å². The minimum absolute atomic E-state index is 0.198. The van der Waals surface area contributed by atoms with Gasteiger partial charge in [0, 0.05) is 11.1 Å². The van der Waals surface area contributed by atoms with Crippen molar-refractivity contribution in [3.63, 3.8) is 0 Å². The third-order valence-electron chi connectivity index (χ3n) is 4.52. The van der Waals surface area contributed by atoms with Gasteiger partial charge in [-0.1, -0.05) is 30.3 Å². The van der Waals surface area contributed by atoms with Crippen molar-refractivity contribution in [2.45, 2.75) is 19.9 Å². The maximum atomic E-state index is 12.9. The second-order valence-corrected chi connectivity index (χ2v) is 7.47. The van der Waals surface area contributed by atoms with Crippen LogP contribution in [-0.4, -0.2) is 32.2 Å². The van der Waals surface area contributed by atoms with E-state index in [1.807, 2.05) is 44.2 Å². The first-order valence-electron chi connectivity index (χ1n) is 9.12. The maximum Gasteiger partial charge on any atom is 0.252 e. The van der Waals surface area contributed by atoms with Crippen LogP contribution < -0.4 is 19.5 Å². The number of aromatic nitrogens is 1. The van der Waals surface area contributed by atoms with E-state index in [0.717, 1.165) is 21.1 Å². The quantitative estimate of drug-likeness (QED) is 0.612. The van der Waals surface area contributed by atoms with E-state index in [0.29, 0.717) is 22.8 Å². The number of methoxy groups -OCH3 is 3. The van der Waals surface area contributed by atoms with Crippen molar-refractivity contribution >= 4 is 17.2 Å². The lowest BCUT2D eigenvalue weighted by molar-refractivity contribution is 0.0939. The average Bonchev–Trinajstić information content (AvgIpc) is 3.14. The summed E-state index contributed by atoms with van der Waals surface area (Å²) in [5.74, 6) is 1.09. The Hall–Kier alpha value is -3.06.